The Kier molecular flexibility index (Phi) is 8.77. The van der Waals surface area contributed by atoms with Gasteiger partial charge in [0.1, 0.15) is 11.5 Å². The van der Waals surface area contributed by atoms with Crippen LogP contribution in [-0.4, -0.2) is 11.7 Å². The van der Waals surface area contributed by atoms with E-state index in [4.69, 9.17) is 9.05 Å². The van der Waals surface area contributed by atoms with Gasteiger partial charge in [-0.15, -0.1) is 0 Å². The fourth-order valence-corrected chi connectivity index (χ4v) is 5.61. The predicted molar refractivity (Wildman–Crippen MR) is 142 cm³/mol. The molecule has 0 aliphatic heterocycles. The monoisotopic (exact) mass is 478 g/mol. The van der Waals surface area contributed by atoms with E-state index in [1.165, 1.54) is 0 Å². The minimum absolute atomic E-state index is 0.0909. The number of phenols is 1. The number of aryl methyl sites for hydroxylation is 2. The Bertz CT molecular complexity index is 1180. The van der Waals surface area contributed by atoms with Crippen LogP contribution in [0, 0.1) is 6.92 Å². The molecule has 3 rings (SSSR count). The highest BCUT2D eigenvalue weighted by molar-refractivity contribution is 7.62. The molecule has 0 spiro atoms. The highest BCUT2D eigenvalue weighted by atomic mass is 31.2. The van der Waals surface area contributed by atoms with Crippen LogP contribution in [0.5, 0.6) is 11.5 Å². The molecule has 0 radical (unpaired) electrons. The van der Waals surface area contributed by atoms with Gasteiger partial charge < -0.3 is 9.63 Å². The lowest BCUT2D eigenvalue weighted by atomic mass is 9.91. The summed E-state index contributed by atoms with van der Waals surface area (Å²) in [4.78, 5) is 0. The number of unbranched alkanes of at least 4 members (excludes halogenated alkanes) is 2. The molecule has 1 N–H and O–H groups in total. The quantitative estimate of drug-likeness (QED) is 0.224. The molecule has 1 atom stereocenters. The summed E-state index contributed by atoms with van der Waals surface area (Å²) in [5.74, 6) is 0.438. The molecule has 0 aromatic heterocycles. The van der Waals surface area contributed by atoms with Gasteiger partial charge in [-0.1, -0.05) is 73.9 Å². The molecule has 1 unspecified atom stereocenters. The minimum atomic E-state index is -3.70. The Labute approximate surface area is 203 Å². The minimum Gasteiger partial charge on any atom is -0.507 e. The zero-order valence-corrected chi connectivity index (χ0v) is 21.5. The van der Waals surface area contributed by atoms with E-state index in [1.54, 1.807) is 25.1 Å². The standard InChI is InChI=1S/C29H35O4P/c1-6-8-10-13-23-19-27(30)29(26-18-22(5)16-17-25(26)21(3)4)28(20-23)33-34(31,32-7-2)24-14-11-9-12-15-24/h9,11-12,14-20,30H,3,6-8,10,13H2,1-2,4-5H3. The van der Waals surface area contributed by atoms with E-state index < -0.39 is 7.60 Å². The number of rotatable bonds is 11. The van der Waals surface area contributed by atoms with Crippen molar-refractivity contribution in [3.05, 3.63) is 83.9 Å². The normalized spacial score (nSPS) is 12.8. The van der Waals surface area contributed by atoms with E-state index in [-0.39, 0.29) is 12.4 Å². The van der Waals surface area contributed by atoms with Crippen LogP contribution in [0.15, 0.2) is 67.2 Å². The van der Waals surface area contributed by atoms with E-state index in [1.807, 2.05) is 56.3 Å². The number of hydrogen-bond donors (Lipinski definition) is 1. The first kappa shape index (κ1) is 25.8. The lowest BCUT2D eigenvalue weighted by Crippen LogP contribution is -2.13. The van der Waals surface area contributed by atoms with Crippen molar-refractivity contribution in [2.75, 3.05) is 6.61 Å². The first-order valence-corrected chi connectivity index (χ1v) is 13.5. The summed E-state index contributed by atoms with van der Waals surface area (Å²) in [6, 6.07) is 18.6. The van der Waals surface area contributed by atoms with E-state index in [0.29, 0.717) is 16.6 Å². The van der Waals surface area contributed by atoms with Crippen molar-refractivity contribution < 1.29 is 18.7 Å². The van der Waals surface area contributed by atoms with Gasteiger partial charge in [-0.25, -0.2) is 4.57 Å². The third-order valence-corrected chi connectivity index (χ3v) is 7.67. The van der Waals surface area contributed by atoms with Crippen LogP contribution in [0.1, 0.15) is 56.7 Å². The van der Waals surface area contributed by atoms with Crippen LogP contribution in [-0.2, 0) is 15.5 Å². The molecule has 5 heteroatoms. The van der Waals surface area contributed by atoms with E-state index in [9.17, 15) is 9.67 Å². The summed E-state index contributed by atoms with van der Waals surface area (Å²) in [5.41, 5.74) is 5.02. The summed E-state index contributed by atoms with van der Waals surface area (Å²) in [6.07, 6.45) is 3.99. The summed E-state index contributed by atoms with van der Waals surface area (Å²) < 4.78 is 26.0. The van der Waals surface area contributed by atoms with Gasteiger partial charge in [0.15, 0.2) is 0 Å². The number of hydrogen-bond acceptors (Lipinski definition) is 4. The topological polar surface area (TPSA) is 55.8 Å². The maximum Gasteiger partial charge on any atom is 0.410 e. The van der Waals surface area contributed by atoms with Crippen molar-refractivity contribution in [3.8, 4) is 22.6 Å². The molecule has 3 aromatic carbocycles. The molecular weight excluding hydrogens is 443 g/mol. The van der Waals surface area contributed by atoms with Gasteiger partial charge in [0.05, 0.1) is 17.5 Å². The summed E-state index contributed by atoms with van der Waals surface area (Å²) in [6.45, 7) is 12.2. The highest BCUT2D eigenvalue weighted by Gasteiger charge is 2.31. The average Bonchev–Trinajstić information content (AvgIpc) is 2.79. The van der Waals surface area contributed by atoms with Crippen molar-refractivity contribution in [2.45, 2.75) is 53.4 Å². The molecule has 3 aromatic rings. The fraction of sp³-hybridized carbons (Fsp3) is 0.310. The molecule has 180 valence electrons. The van der Waals surface area contributed by atoms with E-state index >= 15 is 0 Å². The van der Waals surface area contributed by atoms with Crippen molar-refractivity contribution in [1.29, 1.82) is 0 Å². The fourth-order valence-electron chi connectivity index (χ4n) is 4.02. The molecule has 0 aliphatic carbocycles. The molecule has 0 fully saturated rings. The van der Waals surface area contributed by atoms with Crippen LogP contribution >= 0.6 is 7.60 Å². The second kappa shape index (κ2) is 11.6. The second-order valence-electron chi connectivity index (χ2n) is 8.62. The molecule has 0 aliphatic rings. The first-order valence-electron chi connectivity index (χ1n) is 11.9. The number of benzene rings is 3. The molecule has 0 saturated carbocycles. The Balaban J connectivity index is 2.22. The van der Waals surface area contributed by atoms with Gasteiger partial charge >= 0.3 is 7.60 Å². The predicted octanol–water partition coefficient (Wildman–Crippen LogP) is 8.07. The SMILES string of the molecule is C=C(C)c1ccc(C)cc1-c1c(O)cc(CCCCC)cc1OP(=O)(OCC)c1ccccc1. The van der Waals surface area contributed by atoms with Crippen LogP contribution < -0.4 is 9.83 Å². The lowest BCUT2D eigenvalue weighted by molar-refractivity contribution is 0.289. The Morgan fingerprint density at radius 1 is 1.03 bits per heavy atom. The third-order valence-electron chi connectivity index (χ3n) is 5.70. The lowest BCUT2D eigenvalue weighted by Gasteiger charge is -2.23. The second-order valence-corrected chi connectivity index (χ2v) is 10.6. The van der Waals surface area contributed by atoms with Gasteiger partial charge in [-0.2, -0.15) is 0 Å². The molecule has 0 saturated heterocycles. The maximum absolute atomic E-state index is 14.0. The maximum atomic E-state index is 14.0. The van der Waals surface area contributed by atoms with E-state index in [2.05, 4.69) is 13.5 Å². The largest absolute Gasteiger partial charge is 0.507 e. The summed E-state index contributed by atoms with van der Waals surface area (Å²) >= 11 is 0. The van der Waals surface area contributed by atoms with Crippen LogP contribution in [0.4, 0.5) is 0 Å². The Morgan fingerprint density at radius 2 is 1.76 bits per heavy atom. The Morgan fingerprint density at radius 3 is 2.41 bits per heavy atom. The van der Waals surface area contributed by atoms with Crippen molar-refractivity contribution in [2.24, 2.45) is 0 Å². The summed E-state index contributed by atoms with van der Waals surface area (Å²) in [5, 5.41) is 11.7. The zero-order valence-electron chi connectivity index (χ0n) is 20.6. The van der Waals surface area contributed by atoms with Crippen molar-refractivity contribution >= 4 is 18.5 Å². The van der Waals surface area contributed by atoms with Crippen LogP contribution in [0.2, 0.25) is 0 Å². The van der Waals surface area contributed by atoms with E-state index in [0.717, 1.165) is 53.5 Å². The Hall–Kier alpha value is -2.81. The number of allylic oxidation sites excluding steroid dienone is 1. The van der Waals surface area contributed by atoms with Crippen LogP contribution in [0.25, 0.3) is 16.7 Å². The smallest absolute Gasteiger partial charge is 0.410 e. The van der Waals surface area contributed by atoms with Gasteiger partial charge in [0, 0.05) is 0 Å². The zero-order chi connectivity index (χ0) is 24.7. The van der Waals surface area contributed by atoms with Crippen LogP contribution in [0.3, 0.4) is 0 Å². The van der Waals surface area contributed by atoms with Gasteiger partial charge in [0.2, 0.25) is 0 Å². The average molecular weight is 479 g/mol. The third kappa shape index (κ3) is 6.00. The molecule has 0 heterocycles. The molecular formula is C29H35O4P. The molecule has 0 bridgehead atoms. The highest BCUT2D eigenvalue weighted by Crippen LogP contribution is 2.52. The molecule has 0 amide bonds. The van der Waals surface area contributed by atoms with Gasteiger partial charge in [-0.05, 0) is 74.6 Å². The molecule has 34 heavy (non-hydrogen) atoms. The van der Waals surface area contributed by atoms with Crippen molar-refractivity contribution in [1.82, 2.24) is 0 Å². The van der Waals surface area contributed by atoms with Gasteiger partial charge in [-0.3, -0.25) is 4.52 Å². The van der Waals surface area contributed by atoms with Crippen molar-refractivity contribution in [3.63, 3.8) is 0 Å². The number of phenolic OH excluding ortho intramolecular Hbond substituents is 1. The molecule has 4 nitrogen and oxygen atoms in total. The first-order chi connectivity index (χ1) is 16.3. The number of aromatic hydroxyl groups is 1. The van der Waals surface area contributed by atoms with Gasteiger partial charge in [0.25, 0.3) is 0 Å². The summed E-state index contributed by atoms with van der Waals surface area (Å²) in [7, 11) is -3.70.